The Hall–Kier alpha value is -1.30. The first kappa shape index (κ1) is 15.1. The van der Waals surface area contributed by atoms with E-state index in [2.05, 4.69) is 0 Å². The molecule has 6 heteroatoms. The smallest absolute Gasteiger partial charge is 0.320 e. The summed E-state index contributed by atoms with van der Waals surface area (Å²) in [5, 5.41) is 18.3. The van der Waals surface area contributed by atoms with Crippen molar-refractivity contribution in [3.63, 3.8) is 0 Å². The van der Waals surface area contributed by atoms with E-state index in [9.17, 15) is 14.7 Å². The molecule has 0 radical (unpaired) electrons. The number of hydrogen-bond donors (Lipinski definition) is 2. The van der Waals surface area contributed by atoms with E-state index in [1.165, 1.54) is 0 Å². The summed E-state index contributed by atoms with van der Waals surface area (Å²) in [6, 6.07) is 0.0929. The zero-order chi connectivity index (χ0) is 14.7. The Morgan fingerprint density at radius 2 is 1.90 bits per heavy atom. The number of aliphatic hydroxyl groups is 1. The number of carbonyl (C=O) groups excluding carboxylic acids is 1. The molecular weight excluding hydrogens is 260 g/mol. The molecule has 2 unspecified atom stereocenters. The summed E-state index contributed by atoms with van der Waals surface area (Å²) in [6.45, 7) is 2.94. The number of carboxylic acid groups (broad SMARTS) is 1. The quantitative estimate of drug-likeness (QED) is 0.807. The van der Waals surface area contributed by atoms with E-state index in [-0.39, 0.29) is 31.1 Å². The molecular formula is C14H24N2O4. The largest absolute Gasteiger partial charge is 0.481 e. The molecule has 1 aliphatic carbocycles. The summed E-state index contributed by atoms with van der Waals surface area (Å²) >= 11 is 0. The first-order chi connectivity index (χ1) is 9.54. The summed E-state index contributed by atoms with van der Waals surface area (Å²) in [5.74, 6) is -1.32. The predicted molar refractivity (Wildman–Crippen MR) is 73.3 cm³/mol. The fraction of sp³-hybridized carbons (Fsp3) is 0.857. The van der Waals surface area contributed by atoms with Gasteiger partial charge in [-0.15, -0.1) is 0 Å². The summed E-state index contributed by atoms with van der Waals surface area (Å²) in [4.78, 5) is 27.1. The Balaban J connectivity index is 2.02. The molecule has 114 valence electrons. The number of nitrogens with zero attached hydrogens (tertiary/aromatic N) is 2. The number of urea groups is 1. The first-order valence-electron chi connectivity index (χ1n) is 7.43. The molecule has 2 aliphatic rings. The van der Waals surface area contributed by atoms with E-state index in [0.717, 1.165) is 25.7 Å². The molecule has 1 heterocycles. The maximum absolute atomic E-state index is 12.6. The Morgan fingerprint density at radius 1 is 1.25 bits per heavy atom. The second-order valence-electron chi connectivity index (χ2n) is 5.96. The zero-order valence-corrected chi connectivity index (χ0v) is 12.0. The lowest BCUT2D eigenvalue weighted by molar-refractivity contribution is -0.142. The second kappa shape index (κ2) is 6.43. The topological polar surface area (TPSA) is 81.1 Å². The van der Waals surface area contributed by atoms with E-state index in [1.54, 1.807) is 9.80 Å². The van der Waals surface area contributed by atoms with Crippen molar-refractivity contribution < 1.29 is 19.8 Å². The Bertz CT molecular complexity index is 368. The van der Waals surface area contributed by atoms with E-state index >= 15 is 0 Å². The van der Waals surface area contributed by atoms with Crippen molar-refractivity contribution in [1.82, 2.24) is 9.80 Å². The molecule has 0 spiro atoms. The minimum atomic E-state index is -0.831. The van der Waals surface area contributed by atoms with Crippen LogP contribution in [-0.4, -0.2) is 64.3 Å². The minimum Gasteiger partial charge on any atom is -0.481 e. The van der Waals surface area contributed by atoms with Crippen LogP contribution in [-0.2, 0) is 4.79 Å². The van der Waals surface area contributed by atoms with Gasteiger partial charge in [-0.1, -0.05) is 19.8 Å². The van der Waals surface area contributed by atoms with Gasteiger partial charge < -0.3 is 20.0 Å². The molecule has 2 fully saturated rings. The van der Waals surface area contributed by atoms with Crippen LogP contribution < -0.4 is 0 Å². The predicted octanol–water partition coefficient (Wildman–Crippen LogP) is 0.996. The third-order valence-corrected chi connectivity index (χ3v) is 4.55. The maximum Gasteiger partial charge on any atom is 0.320 e. The van der Waals surface area contributed by atoms with Gasteiger partial charge in [0, 0.05) is 25.7 Å². The molecule has 2 amide bonds. The van der Waals surface area contributed by atoms with Crippen LogP contribution >= 0.6 is 0 Å². The Morgan fingerprint density at radius 3 is 2.40 bits per heavy atom. The van der Waals surface area contributed by atoms with Crippen molar-refractivity contribution in [2.75, 3.05) is 26.2 Å². The molecule has 1 saturated carbocycles. The first-order valence-corrected chi connectivity index (χ1v) is 7.43. The van der Waals surface area contributed by atoms with Crippen molar-refractivity contribution in [2.45, 2.75) is 38.6 Å². The van der Waals surface area contributed by atoms with Crippen molar-refractivity contribution in [3.8, 4) is 0 Å². The van der Waals surface area contributed by atoms with Gasteiger partial charge in [0.15, 0.2) is 0 Å². The highest BCUT2D eigenvalue weighted by molar-refractivity contribution is 5.78. The van der Waals surface area contributed by atoms with Gasteiger partial charge in [-0.3, -0.25) is 4.79 Å². The van der Waals surface area contributed by atoms with Gasteiger partial charge in [0.05, 0.1) is 12.5 Å². The second-order valence-corrected chi connectivity index (χ2v) is 5.96. The molecule has 2 rings (SSSR count). The van der Waals surface area contributed by atoms with Crippen LogP contribution in [0.3, 0.4) is 0 Å². The lowest BCUT2D eigenvalue weighted by atomic mass is 9.99. The lowest BCUT2D eigenvalue weighted by Crippen LogP contribution is -2.48. The van der Waals surface area contributed by atoms with E-state index in [1.807, 2.05) is 6.92 Å². The highest BCUT2D eigenvalue weighted by Gasteiger charge is 2.39. The third kappa shape index (κ3) is 3.06. The molecule has 0 aromatic carbocycles. The monoisotopic (exact) mass is 284 g/mol. The number of carbonyl (C=O) groups is 2. The molecule has 20 heavy (non-hydrogen) atoms. The average Bonchev–Trinajstić information content (AvgIpc) is 3.04. The molecule has 0 bridgehead atoms. The SMILES string of the molecule is CC1CN(C(=O)N(CCO)C2CCCC2)CC1C(=O)O. The number of carboxylic acids is 1. The van der Waals surface area contributed by atoms with E-state index in [4.69, 9.17) is 5.11 Å². The standard InChI is InChI=1S/C14H24N2O4/c1-10-8-15(9-12(10)13(18)19)14(20)16(6-7-17)11-4-2-3-5-11/h10-12,17H,2-9H2,1H3,(H,18,19). The van der Waals surface area contributed by atoms with Crippen molar-refractivity contribution in [1.29, 1.82) is 0 Å². The molecule has 2 atom stereocenters. The van der Waals surface area contributed by atoms with Crippen LogP contribution in [0.5, 0.6) is 0 Å². The Labute approximate surface area is 119 Å². The fourth-order valence-corrected chi connectivity index (χ4v) is 3.38. The molecule has 6 nitrogen and oxygen atoms in total. The highest BCUT2D eigenvalue weighted by atomic mass is 16.4. The van der Waals surface area contributed by atoms with Gasteiger partial charge in [-0.05, 0) is 18.8 Å². The highest BCUT2D eigenvalue weighted by Crippen LogP contribution is 2.28. The number of aliphatic hydroxyl groups excluding tert-OH is 1. The van der Waals surface area contributed by atoms with Crippen LogP contribution in [0.25, 0.3) is 0 Å². The summed E-state index contributed by atoms with van der Waals surface area (Å²) < 4.78 is 0. The number of aliphatic carboxylic acids is 1. The van der Waals surface area contributed by atoms with Crippen molar-refractivity contribution in [2.24, 2.45) is 11.8 Å². The molecule has 2 N–H and O–H groups in total. The van der Waals surface area contributed by atoms with E-state index < -0.39 is 11.9 Å². The summed E-state index contributed by atoms with van der Waals surface area (Å²) in [6.07, 6.45) is 4.21. The molecule has 1 saturated heterocycles. The fourth-order valence-electron chi connectivity index (χ4n) is 3.38. The summed E-state index contributed by atoms with van der Waals surface area (Å²) in [5.41, 5.74) is 0. The van der Waals surface area contributed by atoms with Crippen LogP contribution in [0.15, 0.2) is 0 Å². The van der Waals surface area contributed by atoms with Crippen LogP contribution in [0.2, 0.25) is 0 Å². The molecule has 1 aliphatic heterocycles. The van der Waals surface area contributed by atoms with Gasteiger partial charge in [0.25, 0.3) is 0 Å². The lowest BCUT2D eigenvalue weighted by Gasteiger charge is -2.32. The normalized spacial score (nSPS) is 27.0. The van der Waals surface area contributed by atoms with Crippen molar-refractivity contribution >= 4 is 12.0 Å². The van der Waals surface area contributed by atoms with Crippen LogP contribution in [0.1, 0.15) is 32.6 Å². The molecule has 0 aromatic rings. The molecule has 0 aromatic heterocycles. The van der Waals surface area contributed by atoms with Gasteiger partial charge in [-0.25, -0.2) is 4.79 Å². The van der Waals surface area contributed by atoms with Crippen LogP contribution in [0, 0.1) is 11.8 Å². The number of hydrogen-bond acceptors (Lipinski definition) is 3. The van der Waals surface area contributed by atoms with Gasteiger partial charge in [0.1, 0.15) is 0 Å². The number of likely N-dealkylation sites (tertiary alicyclic amines) is 1. The Kier molecular flexibility index (Phi) is 4.86. The number of amides is 2. The zero-order valence-electron chi connectivity index (χ0n) is 12.0. The van der Waals surface area contributed by atoms with Crippen molar-refractivity contribution in [3.05, 3.63) is 0 Å². The average molecular weight is 284 g/mol. The third-order valence-electron chi connectivity index (χ3n) is 4.55. The van der Waals surface area contributed by atoms with Crippen LogP contribution in [0.4, 0.5) is 4.79 Å². The van der Waals surface area contributed by atoms with E-state index in [0.29, 0.717) is 13.1 Å². The van der Waals surface area contributed by atoms with Gasteiger partial charge >= 0.3 is 12.0 Å². The van der Waals surface area contributed by atoms with Gasteiger partial charge in [0.2, 0.25) is 0 Å². The van der Waals surface area contributed by atoms with Gasteiger partial charge in [-0.2, -0.15) is 0 Å². The minimum absolute atomic E-state index is 0.0176. The maximum atomic E-state index is 12.6. The summed E-state index contributed by atoms with van der Waals surface area (Å²) in [7, 11) is 0. The number of rotatable bonds is 4.